The summed E-state index contributed by atoms with van der Waals surface area (Å²) in [6, 6.07) is 5.86. The molecule has 18 heavy (non-hydrogen) atoms. The fourth-order valence-corrected chi connectivity index (χ4v) is 2.72. The van der Waals surface area contributed by atoms with E-state index < -0.39 is 0 Å². The number of anilines is 2. The lowest BCUT2D eigenvalue weighted by Gasteiger charge is -2.07. The average Bonchev–Trinajstić information content (AvgIpc) is 2.98. The van der Waals surface area contributed by atoms with Gasteiger partial charge in [-0.3, -0.25) is 5.32 Å². The zero-order valence-electron chi connectivity index (χ0n) is 9.77. The maximum atomic E-state index is 11.7. The van der Waals surface area contributed by atoms with Crippen molar-refractivity contribution in [1.29, 1.82) is 0 Å². The summed E-state index contributed by atoms with van der Waals surface area (Å²) in [6.45, 7) is 0. The first-order valence-electron chi connectivity index (χ1n) is 5.90. The van der Waals surface area contributed by atoms with Crippen LogP contribution in [0.25, 0.3) is 0 Å². The van der Waals surface area contributed by atoms with Crippen LogP contribution in [0.1, 0.15) is 17.5 Å². The summed E-state index contributed by atoms with van der Waals surface area (Å²) in [6.07, 6.45) is 5.14. The van der Waals surface area contributed by atoms with Crippen LogP contribution in [-0.2, 0) is 12.8 Å². The van der Waals surface area contributed by atoms with E-state index in [9.17, 15) is 4.79 Å². The third kappa shape index (κ3) is 2.36. The maximum absolute atomic E-state index is 11.7. The van der Waals surface area contributed by atoms with Crippen LogP contribution in [0.15, 0.2) is 29.8 Å². The Morgan fingerprint density at radius 2 is 2.11 bits per heavy atom. The Labute approximate surface area is 109 Å². The summed E-state index contributed by atoms with van der Waals surface area (Å²) < 4.78 is 0. The number of nitrogens with one attached hydrogen (secondary N) is 2. The Hall–Kier alpha value is -1.88. The second-order valence-electron chi connectivity index (χ2n) is 4.25. The van der Waals surface area contributed by atoms with E-state index in [1.165, 1.54) is 28.9 Å². The smallest absolute Gasteiger partial charge is 0.308 e. The minimum atomic E-state index is -0.247. The molecule has 0 atom stereocenters. The van der Waals surface area contributed by atoms with Gasteiger partial charge in [0.15, 0.2) is 5.13 Å². The number of aryl methyl sites for hydroxylation is 2. The topological polar surface area (TPSA) is 54.0 Å². The summed E-state index contributed by atoms with van der Waals surface area (Å²) >= 11 is 1.40. The predicted octanol–water partition coefficient (Wildman–Crippen LogP) is 3.28. The monoisotopic (exact) mass is 259 g/mol. The number of nitrogens with zero attached hydrogens (tertiary/aromatic N) is 1. The van der Waals surface area contributed by atoms with Crippen LogP contribution in [0.5, 0.6) is 0 Å². The molecule has 2 amide bonds. The molecule has 0 radical (unpaired) electrons. The molecule has 0 saturated heterocycles. The number of benzene rings is 1. The van der Waals surface area contributed by atoms with Gasteiger partial charge in [-0.25, -0.2) is 9.78 Å². The fraction of sp³-hybridized carbons (Fsp3) is 0.231. The molecular formula is C13H13N3OS. The van der Waals surface area contributed by atoms with Crippen molar-refractivity contribution in [3.05, 3.63) is 40.9 Å². The Bertz CT molecular complexity index is 566. The molecule has 1 aliphatic carbocycles. The number of thiazole rings is 1. The Morgan fingerprint density at radius 1 is 1.22 bits per heavy atom. The first-order chi connectivity index (χ1) is 8.81. The largest absolute Gasteiger partial charge is 0.325 e. The molecule has 1 aromatic carbocycles. The lowest BCUT2D eigenvalue weighted by molar-refractivity contribution is 0.262. The molecule has 0 aliphatic heterocycles. The van der Waals surface area contributed by atoms with Crippen LogP contribution in [0.4, 0.5) is 15.6 Å². The maximum Gasteiger partial charge on any atom is 0.325 e. The molecule has 0 unspecified atom stereocenters. The van der Waals surface area contributed by atoms with E-state index in [1.54, 1.807) is 6.20 Å². The van der Waals surface area contributed by atoms with Crippen molar-refractivity contribution in [3.63, 3.8) is 0 Å². The van der Waals surface area contributed by atoms with Gasteiger partial charge < -0.3 is 5.32 Å². The molecule has 0 bridgehead atoms. The van der Waals surface area contributed by atoms with Crippen molar-refractivity contribution < 1.29 is 4.79 Å². The Balaban J connectivity index is 1.67. The fourth-order valence-electron chi connectivity index (χ4n) is 2.19. The highest BCUT2D eigenvalue weighted by atomic mass is 32.1. The van der Waals surface area contributed by atoms with Gasteiger partial charge in [0.2, 0.25) is 0 Å². The van der Waals surface area contributed by atoms with Crippen LogP contribution in [0.3, 0.4) is 0 Å². The van der Waals surface area contributed by atoms with E-state index in [0.29, 0.717) is 5.13 Å². The molecule has 3 rings (SSSR count). The number of urea groups is 1. The summed E-state index contributed by atoms with van der Waals surface area (Å²) in [5.41, 5.74) is 3.59. The summed E-state index contributed by atoms with van der Waals surface area (Å²) in [5, 5.41) is 7.95. The minimum Gasteiger partial charge on any atom is -0.308 e. The number of amides is 2. The molecule has 0 fully saturated rings. The van der Waals surface area contributed by atoms with Gasteiger partial charge >= 0.3 is 6.03 Å². The van der Waals surface area contributed by atoms with Crippen molar-refractivity contribution in [2.45, 2.75) is 19.3 Å². The van der Waals surface area contributed by atoms with Gasteiger partial charge in [-0.15, -0.1) is 11.3 Å². The van der Waals surface area contributed by atoms with Crippen LogP contribution in [-0.4, -0.2) is 11.0 Å². The molecule has 1 heterocycles. The van der Waals surface area contributed by atoms with Crippen molar-refractivity contribution in [3.8, 4) is 0 Å². The number of rotatable bonds is 2. The van der Waals surface area contributed by atoms with Gasteiger partial charge in [0, 0.05) is 17.3 Å². The van der Waals surface area contributed by atoms with E-state index in [4.69, 9.17) is 0 Å². The lowest BCUT2D eigenvalue weighted by Crippen LogP contribution is -2.19. The first kappa shape index (κ1) is 11.2. The van der Waals surface area contributed by atoms with Crippen LogP contribution < -0.4 is 10.6 Å². The zero-order valence-corrected chi connectivity index (χ0v) is 10.6. The second-order valence-corrected chi connectivity index (χ2v) is 5.15. The van der Waals surface area contributed by atoms with Crippen LogP contribution in [0, 0.1) is 0 Å². The SMILES string of the molecule is O=C(Nc1ccc2c(c1)CCC2)Nc1nccs1. The average molecular weight is 259 g/mol. The van der Waals surface area contributed by atoms with E-state index in [0.717, 1.165) is 18.5 Å². The standard InChI is InChI=1S/C13H13N3OS/c17-12(16-13-14-6-7-18-13)15-11-5-4-9-2-1-3-10(9)8-11/h4-8H,1-3H2,(H2,14,15,16,17). The van der Waals surface area contributed by atoms with E-state index in [1.807, 2.05) is 11.4 Å². The zero-order chi connectivity index (χ0) is 12.4. The molecule has 0 saturated carbocycles. The molecule has 0 spiro atoms. The molecule has 92 valence electrons. The van der Waals surface area contributed by atoms with E-state index >= 15 is 0 Å². The number of carbonyl (C=O) groups excluding carboxylic acids is 1. The highest BCUT2D eigenvalue weighted by molar-refractivity contribution is 7.13. The molecule has 4 nitrogen and oxygen atoms in total. The minimum absolute atomic E-state index is 0.247. The summed E-state index contributed by atoms with van der Waals surface area (Å²) in [5.74, 6) is 0. The van der Waals surface area contributed by atoms with E-state index in [2.05, 4.69) is 27.8 Å². The van der Waals surface area contributed by atoms with Gasteiger partial charge in [-0.05, 0) is 42.5 Å². The Kier molecular flexibility index (Phi) is 2.98. The summed E-state index contributed by atoms with van der Waals surface area (Å²) in [7, 11) is 0. The second kappa shape index (κ2) is 4.78. The van der Waals surface area contributed by atoms with Gasteiger partial charge in [0.1, 0.15) is 0 Å². The van der Waals surface area contributed by atoms with Crippen LogP contribution in [0.2, 0.25) is 0 Å². The van der Waals surface area contributed by atoms with Crippen molar-refractivity contribution in [2.24, 2.45) is 0 Å². The normalized spacial score (nSPS) is 13.1. The molecule has 2 N–H and O–H groups in total. The van der Waals surface area contributed by atoms with E-state index in [-0.39, 0.29) is 6.03 Å². The third-order valence-corrected chi connectivity index (χ3v) is 3.70. The number of carbonyl (C=O) groups is 1. The highest BCUT2D eigenvalue weighted by Gasteiger charge is 2.11. The molecular weight excluding hydrogens is 246 g/mol. The van der Waals surface area contributed by atoms with Crippen molar-refractivity contribution >= 4 is 28.2 Å². The quantitative estimate of drug-likeness (QED) is 0.869. The van der Waals surface area contributed by atoms with Gasteiger partial charge in [0.25, 0.3) is 0 Å². The number of hydrogen-bond donors (Lipinski definition) is 2. The number of fused-ring (bicyclic) bond motifs is 1. The first-order valence-corrected chi connectivity index (χ1v) is 6.78. The lowest BCUT2D eigenvalue weighted by atomic mass is 10.1. The number of aromatic nitrogens is 1. The Morgan fingerprint density at radius 3 is 2.94 bits per heavy atom. The predicted molar refractivity (Wildman–Crippen MR) is 73.2 cm³/mol. The van der Waals surface area contributed by atoms with Gasteiger partial charge in [-0.1, -0.05) is 6.07 Å². The molecule has 2 aromatic rings. The van der Waals surface area contributed by atoms with Gasteiger partial charge in [0.05, 0.1) is 0 Å². The number of hydrogen-bond acceptors (Lipinski definition) is 3. The summed E-state index contributed by atoms with van der Waals surface area (Å²) in [4.78, 5) is 15.7. The molecule has 5 heteroatoms. The van der Waals surface area contributed by atoms with Gasteiger partial charge in [-0.2, -0.15) is 0 Å². The molecule has 1 aliphatic rings. The van der Waals surface area contributed by atoms with Crippen molar-refractivity contribution in [1.82, 2.24) is 4.98 Å². The molecule has 1 aromatic heterocycles. The van der Waals surface area contributed by atoms with Crippen LogP contribution >= 0.6 is 11.3 Å². The third-order valence-electron chi connectivity index (χ3n) is 3.01. The van der Waals surface area contributed by atoms with Crippen molar-refractivity contribution in [2.75, 3.05) is 10.6 Å². The highest BCUT2D eigenvalue weighted by Crippen LogP contribution is 2.25.